The van der Waals surface area contributed by atoms with Gasteiger partial charge in [0.25, 0.3) is 0 Å². The molecule has 0 amide bonds. The fourth-order valence-electron chi connectivity index (χ4n) is 2.26. The van der Waals surface area contributed by atoms with Gasteiger partial charge in [0, 0.05) is 0 Å². The van der Waals surface area contributed by atoms with Crippen molar-refractivity contribution in [1.82, 2.24) is 0 Å². The molecular weight excluding hydrogens is 156 g/mol. The minimum atomic E-state index is 0.752. The number of hydrogen-bond acceptors (Lipinski definition) is 0. The zero-order valence-corrected chi connectivity index (χ0v) is 9.33. The molecule has 0 aromatic heterocycles. The molecule has 74 valence electrons. The zero-order valence-electron chi connectivity index (χ0n) is 9.33. The van der Waals surface area contributed by atoms with Gasteiger partial charge < -0.3 is 0 Å². The van der Waals surface area contributed by atoms with Gasteiger partial charge in [0.05, 0.1) is 0 Å². The van der Waals surface area contributed by atoms with E-state index in [1.54, 1.807) is 0 Å². The van der Waals surface area contributed by atoms with Crippen molar-refractivity contribution in [2.75, 3.05) is 0 Å². The van der Waals surface area contributed by atoms with Gasteiger partial charge in [-0.1, -0.05) is 45.1 Å². The molecule has 0 nitrogen and oxygen atoms in total. The fourth-order valence-corrected chi connectivity index (χ4v) is 2.26. The summed E-state index contributed by atoms with van der Waals surface area (Å²) in [4.78, 5) is 0. The van der Waals surface area contributed by atoms with E-state index in [1.165, 1.54) is 6.42 Å². The molecule has 1 rings (SSSR count). The van der Waals surface area contributed by atoms with Gasteiger partial charge in [-0.05, 0) is 37.0 Å². The minimum Gasteiger partial charge on any atom is -0.0917 e. The normalized spacial score (nSPS) is 40.0. The highest BCUT2D eigenvalue weighted by Crippen LogP contribution is 2.35. The van der Waals surface area contributed by atoms with Crippen LogP contribution in [0.2, 0.25) is 0 Å². The number of allylic oxidation sites excluding steroid dienone is 4. The lowest BCUT2D eigenvalue weighted by Crippen LogP contribution is -2.26. The Morgan fingerprint density at radius 2 is 1.69 bits per heavy atom. The summed E-state index contributed by atoms with van der Waals surface area (Å²) >= 11 is 0. The largest absolute Gasteiger partial charge is 0.0917 e. The summed E-state index contributed by atoms with van der Waals surface area (Å²) in [5.41, 5.74) is 0. The van der Waals surface area contributed by atoms with Gasteiger partial charge in [-0.25, -0.2) is 0 Å². The van der Waals surface area contributed by atoms with Crippen molar-refractivity contribution in [3.8, 4) is 0 Å². The SMILES string of the molecule is C/C=C/CC1C(C)C=CC(C)C1C. The Kier molecular flexibility index (Phi) is 3.77. The quantitative estimate of drug-likeness (QED) is 0.560. The molecule has 0 heterocycles. The van der Waals surface area contributed by atoms with Crippen LogP contribution in [-0.4, -0.2) is 0 Å². The third-order valence-corrected chi connectivity index (χ3v) is 3.54. The van der Waals surface area contributed by atoms with Gasteiger partial charge in [-0.3, -0.25) is 0 Å². The van der Waals surface area contributed by atoms with Crippen molar-refractivity contribution in [3.05, 3.63) is 24.3 Å². The van der Waals surface area contributed by atoms with E-state index in [0.717, 1.165) is 23.7 Å². The molecule has 0 aliphatic heterocycles. The summed E-state index contributed by atoms with van der Waals surface area (Å²) in [7, 11) is 0. The van der Waals surface area contributed by atoms with E-state index in [0.29, 0.717) is 0 Å². The second-order valence-electron chi connectivity index (χ2n) is 4.43. The van der Waals surface area contributed by atoms with Crippen LogP contribution in [0.4, 0.5) is 0 Å². The smallest absolute Gasteiger partial charge is 0.0228 e. The molecule has 0 bridgehead atoms. The Bertz CT molecular complexity index is 200. The predicted octanol–water partition coefficient (Wildman–Crippen LogP) is 4.05. The second kappa shape index (κ2) is 4.64. The van der Waals surface area contributed by atoms with Crippen molar-refractivity contribution in [2.45, 2.75) is 34.1 Å². The van der Waals surface area contributed by atoms with Crippen LogP contribution < -0.4 is 0 Å². The van der Waals surface area contributed by atoms with Crippen molar-refractivity contribution >= 4 is 0 Å². The molecule has 0 aromatic carbocycles. The van der Waals surface area contributed by atoms with Gasteiger partial charge in [-0.2, -0.15) is 0 Å². The van der Waals surface area contributed by atoms with E-state index in [-0.39, 0.29) is 0 Å². The van der Waals surface area contributed by atoms with Crippen LogP contribution in [0, 0.1) is 23.7 Å². The van der Waals surface area contributed by atoms with Crippen LogP contribution in [0.25, 0.3) is 0 Å². The van der Waals surface area contributed by atoms with Crippen LogP contribution in [0.15, 0.2) is 24.3 Å². The lowest BCUT2D eigenvalue weighted by atomic mass is 9.71. The first-order valence-electron chi connectivity index (χ1n) is 5.46. The number of rotatable bonds is 2. The van der Waals surface area contributed by atoms with E-state index in [9.17, 15) is 0 Å². The second-order valence-corrected chi connectivity index (χ2v) is 4.43. The first-order valence-corrected chi connectivity index (χ1v) is 5.46. The standard InChI is InChI=1S/C13H22/c1-5-6-7-13-11(3)9-8-10(2)12(13)4/h5-6,8-13H,7H2,1-4H3/b6-5+. The van der Waals surface area contributed by atoms with Crippen molar-refractivity contribution in [2.24, 2.45) is 23.7 Å². The van der Waals surface area contributed by atoms with Gasteiger partial charge in [-0.15, -0.1) is 0 Å². The van der Waals surface area contributed by atoms with Crippen LogP contribution in [-0.2, 0) is 0 Å². The average molecular weight is 178 g/mol. The van der Waals surface area contributed by atoms with Crippen LogP contribution in [0.5, 0.6) is 0 Å². The summed E-state index contributed by atoms with van der Waals surface area (Å²) in [6.45, 7) is 9.17. The van der Waals surface area contributed by atoms with Gasteiger partial charge in [0.1, 0.15) is 0 Å². The molecule has 0 saturated heterocycles. The maximum Gasteiger partial charge on any atom is -0.0228 e. The van der Waals surface area contributed by atoms with E-state index in [4.69, 9.17) is 0 Å². The first kappa shape index (κ1) is 10.6. The van der Waals surface area contributed by atoms with Gasteiger partial charge in [0.2, 0.25) is 0 Å². The lowest BCUT2D eigenvalue weighted by molar-refractivity contribution is 0.231. The molecule has 4 atom stereocenters. The Morgan fingerprint density at radius 3 is 2.31 bits per heavy atom. The molecule has 0 spiro atoms. The molecule has 0 heteroatoms. The van der Waals surface area contributed by atoms with Crippen molar-refractivity contribution in [3.63, 3.8) is 0 Å². The summed E-state index contributed by atoms with van der Waals surface area (Å²) in [6.07, 6.45) is 10.5. The Balaban J connectivity index is 2.64. The number of hydrogen-bond donors (Lipinski definition) is 0. The third kappa shape index (κ3) is 2.46. The van der Waals surface area contributed by atoms with Gasteiger partial charge in [0.15, 0.2) is 0 Å². The highest BCUT2D eigenvalue weighted by Gasteiger charge is 2.27. The minimum absolute atomic E-state index is 0.752. The van der Waals surface area contributed by atoms with Crippen LogP contribution in [0.3, 0.4) is 0 Å². The molecule has 4 unspecified atom stereocenters. The van der Waals surface area contributed by atoms with E-state index >= 15 is 0 Å². The molecule has 0 radical (unpaired) electrons. The summed E-state index contributed by atoms with van der Waals surface area (Å²) in [5, 5.41) is 0. The monoisotopic (exact) mass is 178 g/mol. The molecule has 13 heavy (non-hydrogen) atoms. The Labute approximate surface area is 82.7 Å². The van der Waals surface area contributed by atoms with Crippen LogP contribution >= 0.6 is 0 Å². The molecule has 0 saturated carbocycles. The maximum atomic E-state index is 2.39. The first-order chi connectivity index (χ1) is 6.16. The molecule has 1 aliphatic carbocycles. The third-order valence-electron chi connectivity index (χ3n) is 3.54. The molecule has 0 fully saturated rings. The molecule has 0 N–H and O–H groups in total. The summed E-state index contributed by atoms with van der Waals surface area (Å²) in [5.74, 6) is 3.18. The highest BCUT2D eigenvalue weighted by molar-refractivity contribution is 5.03. The lowest BCUT2D eigenvalue weighted by Gasteiger charge is -2.34. The molecule has 1 aliphatic rings. The Hall–Kier alpha value is -0.520. The average Bonchev–Trinajstić information content (AvgIpc) is 2.12. The predicted molar refractivity (Wildman–Crippen MR) is 59.6 cm³/mol. The highest BCUT2D eigenvalue weighted by atomic mass is 14.3. The maximum absolute atomic E-state index is 2.39. The summed E-state index contributed by atoms with van der Waals surface area (Å²) < 4.78 is 0. The van der Waals surface area contributed by atoms with Crippen molar-refractivity contribution in [1.29, 1.82) is 0 Å². The van der Waals surface area contributed by atoms with E-state index in [1.807, 2.05) is 0 Å². The van der Waals surface area contributed by atoms with Crippen LogP contribution in [0.1, 0.15) is 34.1 Å². The van der Waals surface area contributed by atoms with Crippen molar-refractivity contribution < 1.29 is 0 Å². The van der Waals surface area contributed by atoms with E-state index < -0.39 is 0 Å². The van der Waals surface area contributed by atoms with E-state index in [2.05, 4.69) is 52.0 Å². The Morgan fingerprint density at radius 1 is 1.08 bits per heavy atom. The fraction of sp³-hybridized carbons (Fsp3) is 0.692. The topological polar surface area (TPSA) is 0 Å². The summed E-state index contributed by atoms with van der Waals surface area (Å²) in [6, 6.07) is 0. The molecular formula is C13H22. The molecule has 0 aromatic rings. The van der Waals surface area contributed by atoms with Gasteiger partial charge >= 0.3 is 0 Å². The zero-order chi connectivity index (χ0) is 9.84.